The minimum absolute atomic E-state index is 0.186. The summed E-state index contributed by atoms with van der Waals surface area (Å²) in [7, 11) is 3.23. The van der Waals surface area contributed by atoms with Gasteiger partial charge in [-0.3, -0.25) is 0 Å². The third-order valence-electron chi connectivity index (χ3n) is 6.05. The Morgan fingerprint density at radius 2 is 0.900 bits per heavy atom. The molecule has 0 aromatic heterocycles. The van der Waals surface area contributed by atoms with E-state index in [1.807, 2.05) is 12.1 Å². The highest BCUT2D eigenvalue weighted by molar-refractivity contribution is 5.52. The Balaban J connectivity index is 2.00. The second-order valence-corrected chi connectivity index (χ2v) is 8.60. The van der Waals surface area contributed by atoms with Gasteiger partial charge in [0.2, 0.25) is 0 Å². The lowest BCUT2D eigenvalue weighted by Gasteiger charge is -2.31. The van der Waals surface area contributed by atoms with E-state index in [1.165, 1.54) is 0 Å². The molecule has 2 N–H and O–H groups in total. The molecule has 0 aliphatic rings. The largest absolute Gasteiger partial charge is 0.508 e. The molecule has 0 amide bonds. The summed E-state index contributed by atoms with van der Waals surface area (Å²) in [4.78, 5) is 0. The average Bonchev–Trinajstić information content (AvgIpc) is 2.73. The molecule has 0 aliphatic carbocycles. The van der Waals surface area contributed by atoms with Crippen molar-refractivity contribution in [3.05, 3.63) is 82.9 Å². The Labute approximate surface area is 178 Å². The maximum Gasteiger partial charge on any atom is 0.126 e. The minimum atomic E-state index is -0.308. The molecule has 0 bridgehead atoms. The number of ether oxygens (including phenoxy) is 2. The van der Waals surface area contributed by atoms with Gasteiger partial charge >= 0.3 is 0 Å². The van der Waals surface area contributed by atoms with Gasteiger partial charge in [0.15, 0.2) is 0 Å². The van der Waals surface area contributed by atoms with Crippen LogP contribution in [-0.2, 0) is 10.8 Å². The van der Waals surface area contributed by atoms with Crippen molar-refractivity contribution in [2.24, 2.45) is 0 Å². The fourth-order valence-corrected chi connectivity index (χ4v) is 4.01. The lowest BCUT2D eigenvalue weighted by atomic mass is 9.74. The standard InChI is InChI=1S/C26H30O4/c1-25(2,21-13-11-19(27)15-23(21)29-5)17-7-9-18(10-8-17)26(3,4)22-14-12-20(28)16-24(22)30-6/h7-16,27-28H,1-6H3. The highest BCUT2D eigenvalue weighted by atomic mass is 16.5. The summed E-state index contributed by atoms with van der Waals surface area (Å²) in [6, 6.07) is 19.0. The topological polar surface area (TPSA) is 58.9 Å². The van der Waals surface area contributed by atoms with E-state index in [0.717, 1.165) is 22.3 Å². The van der Waals surface area contributed by atoms with Crippen LogP contribution in [0.5, 0.6) is 23.0 Å². The third kappa shape index (κ3) is 3.82. The molecule has 0 saturated heterocycles. The molecular weight excluding hydrogens is 376 g/mol. The van der Waals surface area contributed by atoms with E-state index in [9.17, 15) is 10.2 Å². The Bertz CT molecular complexity index is 949. The summed E-state index contributed by atoms with van der Waals surface area (Å²) in [5, 5.41) is 19.6. The van der Waals surface area contributed by atoms with Gasteiger partial charge in [0.25, 0.3) is 0 Å². The number of phenolic OH excluding ortho intramolecular Hbond substituents is 2. The summed E-state index contributed by atoms with van der Waals surface area (Å²) < 4.78 is 11.0. The highest BCUT2D eigenvalue weighted by Gasteiger charge is 2.30. The third-order valence-corrected chi connectivity index (χ3v) is 6.05. The number of benzene rings is 3. The summed E-state index contributed by atoms with van der Waals surface area (Å²) in [6.45, 7) is 8.58. The number of aromatic hydroxyl groups is 2. The monoisotopic (exact) mass is 406 g/mol. The molecule has 3 aromatic carbocycles. The summed E-state index contributed by atoms with van der Waals surface area (Å²) in [6.07, 6.45) is 0. The van der Waals surface area contributed by atoms with Crippen LogP contribution in [0.25, 0.3) is 0 Å². The van der Waals surface area contributed by atoms with Gasteiger partial charge in [-0.15, -0.1) is 0 Å². The van der Waals surface area contributed by atoms with Crippen molar-refractivity contribution >= 4 is 0 Å². The quantitative estimate of drug-likeness (QED) is 0.546. The molecule has 3 rings (SSSR count). The Morgan fingerprint density at radius 3 is 1.20 bits per heavy atom. The van der Waals surface area contributed by atoms with Gasteiger partial charge in [0, 0.05) is 34.1 Å². The SMILES string of the molecule is COc1cc(O)ccc1C(C)(C)c1ccc(C(C)(C)c2ccc(O)cc2OC)cc1. The zero-order chi connectivity index (χ0) is 22.1. The molecule has 0 unspecified atom stereocenters. The summed E-state index contributed by atoms with van der Waals surface area (Å²) in [5.41, 5.74) is 3.69. The molecular formula is C26H30O4. The van der Waals surface area contributed by atoms with Crippen LogP contribution in [0, 0.1) is 0 Å². The Kier molecular flexibility index (Phi) is 5.71. The zero-order valence-electron chi connectivity index (χ0n) is 18.5. The van der Waals surface area contributed by atoms with Gasteiger partial charge in [0.1, 0.15) is 23.0 Å². The van der Waals surface area contributed by atoms with Crippen molar-refractivity contribution < 1.29 is 19.7 Å². The second-order valence-electron chi connectivity index (χ2n) is 8.60. The number of rotatable bonds is 6. The molecule has 3 aromatic rings. The predicted molar refractivity (Wildman–Crippen MR) is 120 cm³/mol. The first-order valence-corrected chi connectivity index (χ1v) is 9.97. The fourth-order valence-electron chi connectivity index (χ4n) is 4.01. The van der Waals surface area contributed by atoms with Crippen LogP contribution in [0.4, 0.5) is 0 Å². The molecule has 0 aliphatic heterocycles. The van der Waals surface area contributed by atoms with Crippen molar-refractivity contribution in [2.45, 2.75) is 38.5 Å². The fraction of sp³-hybridized carbons (Fsp3) is 0.308. The number of phenols is 2. The van der Waals surface area contributed by atoms with Gasteiger partial charge in [-0.1, -0.05) is 64.1 Å². The number of hydrogen-bond acceptors (Lipinski definition) is 4. The van der Waals surface area contributed by atoms with Gasteiger partial charge in [-0.25, -0.2) is 0 Å². The van der Waals surface area contributed by atoms with Crippen LogP contribution in [-0.4, -0.2) is 24.4 Å². The molecule has 0 atom stereocenters. The summed E-state index contributed by atoms with van der Waals surface area (Å²) in [5.74, 6) is 1.70. The first-order valence-electron chi connectivity index (χ1n) is 9.97. The maximum absolute atomic E-state index is 9.79. The first kappa shape index (κ1) is 21.6. The van der Waals surface area contributed by atoms with E-state index in [1.54, 1.807) is 38.5 Å². The normalized spacial score (nSPS) is 11.9. The molecule has 158 valence electrons. The maximum atomic E-state index is 9.79. The summed E-state index contributed by atoms with van der Waals surface area (Å²) >= 11 is 0. The molecule has 0 saturated carbocycles. The average molecular weight is 407 g/mol. The van der Waals surface area contributed by atoms with E-state index >= 15 is 0 Å². The van der Waals surface area contributed by atoms with E-state index in [-0.39, 0.29) is 22.3 Å². The van der Waals surface area contributed by atoms with Crippen molar-refractivity contribution in [3.8, 4) is 23.0 Å². The lowest BCUT2D eigenvalue weighted by Crippen LogP contribution is -2.22. The van der Waals surface area contributed by atoms with Crippen LogP contribution in [0.15, 0.2) is 60.7 Å². The van der Waals surface area contributed by atoms with Crippen molar-refractivity contribution in [2.75, 3.05) is 14.2 Å². The van der Waals surface area contributed by atoms with Crippen LogP contribution < -0.4 is 9.47 Å². The Morgan fingerprint density at radius 1 is 0.567 bits per heavy atom. The van der Waals surface area contributed by atoms with Crippen molar-refractivity contribution in [1.82, 2.24) is 0 Å². The molecule has 4 nitrogen and oxygen atoms in total. The number of methoxy groups -OCH3 is 2. The minimum Gasteiger partial charge on any atom is -0.508 e. The molecule has 0 radical (unpaired) electrons. The molecule has 0 heterocycles. The van der Waals surface area contributed by atoms with Gasteiger partial charge in [-0.2, -0.15) is 0 Å². The highest BCUT2D eigenvalue weighted by Crippen LogP contribution is 2.42. The van der Waals surface area contributed by atoms with Crippen LogP contribution in [0.1, 0.15) is 49.9 Å². The van der Waals surface area contributed by atoms with Gasteiger partial charge < -0.3 is 19.7 Å². The van der Waals surface area contributed by atoms with E-state index in [0.29, 0.717) is 11.5 Å². The van der Waals surface area contributed by atoms with Crippen LogP contribution in [0.2, 0.25) is 0 Å². The number of hydrogen-bond donors (Lipinski definition) is 2. The molecule has 30 heavy (non-hydrogen) atoms. The van der Waals surface area contributed by atoms with Crippen LogP contribution in [0.3, 0.4) is 0 Å². The molecule has 0 spiro atoms. The van der Waals surface area contributed by atoms with Crippen LogP contribution >= 0.6 is 0 Å². The lowest BCUT2D eigenvalue weighted by molar-refractivity contribution is 0.393. The van der Waals surface area contributed by atoms with E-state index in [4.69, 9.17) is 9.47 Å². The van der Waals surface area contributed by atoms with Crippen molar-refractivity contribution in [3.63, 3.8) is 0 Å². The van der Waals surface area contributed by atoms with Gasteiger partial charge in [0.05, 0.1) is 14.2 Å². The smallest absolute Gasteiger partial charge is 0.126 e. The van der Waals surface area contributed by atoms with Crippen molar-refractivity contribution in [1.29, 1.82) is 0 Å². The molecule has 0 fully saturated rings. The Hall–Kier alpha value is -3.14. The van der Waals surface area contributed by atoms with E-state index in [2.05, 4.69) is 52.0 Å². The molecule has 4 heteroatoms. The first-order chi connectivity index (χ1) is 14.1. The van der Waals surface area contributed by atoms with Gasteiger partial charge in [-0.05, 0) is 23.3 Å². The van der Waals surface area contributed by atoms with E-state index < -0.39 is 0 Å². The zero-order valence-corrected chi connectivity index (χ0v) is 18.5. The second kappa shape index (κ2) is 7.94. The predicted octanol–water partition coefficient (Wildman–Crippen LogP) is 5.77.